The maximum Gasteiger partial charge on any atom is 0.319 e. The number of phenols is 1. The van der Waals surface area contributed by atoms with Gasteiger partial charge in [0.15, 0.2) is 0 Å². The minimum Gasteiger partial charge on any atom is -0.507 e. The molecule has 0 aliphatic heterocycles. The van der Waals surface area contributed by atoms with Gasteiger partial charge in [0, 0.05) is 28.8 Å². The summed E-state index contributed by atoms with van der Waals surface area (Å²) in [6.45, 7) is 12.0. The fourth-order valence-electron chi connectivity index (χ4n) is 4.38. The van der Waals surface area contributed by atoms with Crippen LogP contribution in [0.5, 0.6) is 11.5 Å². The number of methoxy groups -OCH3 is 1. The second-order valence-corrected chi connectivity index (χ2v) is 11.4. The van der Waals surface area contributed by atoms with E-state index in [1.165, 1.54) is 0 Å². The Kier molecular flexibility index (Phi) is 7.68. The number of aromatic hydroxyl groups is 1. The zero-order valence-corrected chi connectivity index (χ0v) is 22.0. The van der Waals surface area contributed by atoms with Gasteiger partial charge in [0.05, 0.1) is 18.5 Å². The molecule has 0 unspecified atom stereocenters. The molecule has 2 aromatic carbocycles. The van der Waals surface area contributed by atoms with Crippen molar-refractivity contribution in [2.45, 2.75) is 84.1 Å². The first kappa shape index (κ1) is 26.4. The molecule has 1 aliphatic rings. The number of nitrogens with one attached hydrogen (secondary N) is 3. The van der Waals surface area contributed by atoms with Crippen LogP contribution in [-0.2, 0) is 10.8 Å². The normalized spacial score (nSPS) is 14.5. The van der Waals surface area contributed by atoms with Gasteiger partial charge in [0.1, 0.15) is 11.5 Å². The van der Waals surface area contributed by atoms with Crippen LogP contribution >= 0.6 is 0 Å². The first-order valence-corrected chi connectivity index (χ1v) is 12.2. The van der Waals surface area contributed by atoms with Gasteiger partial charge in [-0.15, -0.1) is 0 Å². The zero-order valence-electron chi connectivity index (χ0n) is 22.0. The molecule has 0 atom stereocenters. The van der Waals surface area contributed by atoms with Crippen LogP contribution in [0.3, 0.4) is 0 Å². The summed E-state index contributed by atoms with van der Waals surface area (Å²) in [7, 11) is 1.55. The molecular formula is C28H39N3O4. The second kappa shape index (κ2) is 10.2. The molecule has 0 heterocycles. The fourth-order valence-corrected chi connectivity index (χ4v) is 4.38. The predicted molar refractivity (Wildman–Crippen MR) is 141 cm³/mol. The third-order valence-electron chi connectivity index (χ3n) is 6.40. The van der Waals surface area contributed by atoms with Crippen molar-refractivity contribution in [1.82, 2.24) is 5.32 Å². The maximum absolute atomic E-state index is 13.4. The highest BCUT2D eigenvalue weighted by Crippen LogP contribution is 2.40. The number of carbonyl (C=O) groups excluding carboxylic acids is 2. The molecule has 1 fully saturated rings. The van der Waals surface area contributed by atoms with Crippen molar-refractivity contribution in [3.05, 3.63) is 47.0 Å². The molecule has 190 valence electrons. The van der Waals surface area contributed by atoms with Crippen LogP contribution in [0, 0.1) is 0 Å². The van der Waals surface area contributed by atoms with Gasteiger partial charge in [0.25, 0.3) is 5.91 Å². The number of rotatable bonds is 5. The summed E-state index contributed by atoms with van der Waals surface area (Å²) in [5.74, 6) is 0.431. The SMILES string of the molecule is COc1ccc(NC(=O)NC2CCCC2)c(NC(=O)c2cc(C(C)(C)C)c(O)c(C(C)(C)C)c2)c1. The van der Waals surface area contributed by atoms with Crippen LogP contribution in [0.4, 0.5) is 16.2 Å². The van der Waals surface area contributed by atoms with E-state index in [2.05, 4.69) is 16.0 Å². The van der Waals surface area contributed by atoms with E-state index in [4.69, 9.17) is 4.74 Å². The molecule has 7 heteroatoms. The quantitative estimate of drug-likeness (QED) is 0.402. The van der Waals surface area contributed by atoms with Gasteiger partial charge in [0.2, 0.25) is 0 Å². The number of anilines is 2. The van der Waals surface area contributed by atoms with E-state index in [0.29, 0.717) is 33.8 Å². The topological polar surface area (TPSA) is 99.7 Å². The number of ether oxygens (including phenoxy) is 1. The molecule has 0 saturated heterocycles. The third kappa shape index (κ3) is 6.47. The zero-order chi connectivity index (χ0) is 26.0. The molecule has 35 heavy (non-hydrogen) atoms. The maximum atomic E-state index is 13.4. The number of hydrogen-bond donors (Lipinski definition) is 4. The van der Waals surface area contributed by atoms with Crippen molar-refractivity contribution in [1.29, 1.82) is 0 Å². The molecule has 1 saturated carbocycles. The summed E-state index contributed by atoms with van der Waals surface area (Å²) in [6, 6.07) is 8.47. The average molecular weight is 482 g/mol. The molecule has 0 aromatic heterocycles. The lowest BCUT2D eigenvalue weighted by Crippen LogP contribution is -2.36. The van der Waals surface area contributed by atoms with E-state index < -0.39 is 0 Å². The molecule has 3 rings (SSSR count). The molecule has 1 aliphatic carbocycles. The second-order valence-electron chi connectivity index (χ2n) is 11.4. The van der Waals surface area contributed by atoms with E-state index in [1.807, 2.05) is 41.5 Å². The lowest BCUT2D eigenvalue weighted by Gasteiger charge is -2.28. The van der Waals surface area contributed by atoms with Crippen LogP contribution in [-0.4, -0.2) is 30.2 Å². The average Bonchev–Trinajstić information content (AvgIpc) is 3.26. The lowest BCUT2D eigenvalue weighted by atomic mass is 9.78. The first-order valence-electron chi connectivity index (χ1n) is 12.2. The van der Waals surface area contributed by atoms with E-state index in [0.717, 1.165) is 25.7 Å². The summed E-state index contributed by atoms with van der Waals surface area (Å²) in [5, 5.41) is 19.8. The van der Waals surface area contributed by atoms with Crippen LogP contribution < -0.4 is 20.7 Å². The highest BCUT2D eigenvalue weighted by Gasteiger charge is 2.28. The smallest absolute Gasteiger partial charge is 0.319 e. The van der Waals surface area contributed by atoms with Gasteiger partial charge in [-0.1, -0.05) is 54.4 Å². The summed E-state index contributed by atoms with van der Waals surface area (Å²) in [6.07, 6.45) is 4.20. The van der Waals surface area contributed by atoms with Gasteiger partial charge in [-0.05, 0) is 47.9 Å². The molecule has 7 nitrogen and oxygen atoms in total. The number of carbonyl (C=O) groups is 2. The highest BCUT2D eigenvalue weighted by atomic mass is 16.5. The van der Waals surface area contributed by atoms with Gasteiger partial charge in [-0.3, -0.25) is 4.79 Å². The molecular weight excluding hydrogens is 442 g/mol. The number of amides is 3. The molecule has 0 radical (unpaired) electrons. The minimum absolute atomic E-state index is 0.176. The predicted octanol–water partition coefficient (Wildman–Crippen LogP) is 6.31. The Morgan fingerprint density at radius 2 is 1.46 bits per heavy atom. The van der Waals surface area contributed by atoms with Crippen molar-refractivity contribution < 1.29 is 19.4 Å². The summed E-state index contributed by atoms with van der Waals surface area (Å²) >= 11 is 0. The van der Waals surface area contributed by atoms with Crippen LogP contribution in [0.1, 0.15) is 88.7 Å². The summed E-state index contributed by atoms with van der Waals surface area (Å²) in [5.41, 5.74) is 2.02. The van der Waals surface area contributed by atoms with E-state index in [9.17, 15) is 14.7 Å². The molecule has 2 aromatic rings. The molecule has 0 spiro atoms. The highest BCUT2D eigenvalue weighted by molar-refractivity contribution is 6.07. The van der Waals surface area contributed by atoms with E-state index in [1.54, 1.807) is 37.4 Å². The minimum atomic E-state index is -0.360. The third-order valence-corrected chi connectivity index (χ3v) is 6.40. The Morgan fingerprint density at radius 3 is 1.97 bits per heavy atom. The Hall–Kier alpha value is -3.22. The standard InChI is InChI=1S/C28H39N3O4/c1-27(2,3)20-14-17(15-21(24(20)32)28(4,5)6)25(33)30-23-16-19(35-7)12-13-22(23)31-26(34)29-18-10-8-9-11-18/h12-16,18,32H,8-11H2,1-7H3,(H,30,33)(H2,29,31,34). The fraction of sp³-hybridized carbons (Fsp3) is 0.500. The number of benzene rings is 2. The van der Waals surface area contributed by atoms with Crippen molar-refractivity contribution in [2.75, 3.05) is 17.7 Å². The molecule has 4 N–H and O–H groups in total. The van der Waals surface area contributed by atoms with E-state index in [-0.39, 0.29) is 34.6 Å². The Labute approximate surface area is 208 Å². The van der Waals surface area contributed by atoms with Crippen LogP contribution in [0.25, 0.3) is 0 Å². The van der Waals surface area contributed by atoms with Crippen LogP contribution in [0.2, 0.25) is 0 Å². The number of hydrogen-bond acceptors (Lipinski definition) is 4. The van der Waals surface area contributed by atoms with Gasteiger partial charge in [-0.25, -0.2) is 4.79 Å². The Morgan fingerprint density at radius 1 is 0.886 bits per heavy atom. The van der Waals surface area contributed by atoms with Crippen molar-refractivity contribution in [2.24, 2.45) is 0 Å². The number of urea groups is 1. The largest absolute Gasteiger partial charge is 0.507 e. The molecule has 0 bridgehead atoms. The number of phenolic OH excluding ortho intramolecular Hbond substituents is 1. The first-order chi connectivity index (χ1) is 16.3. The van der Waals surface area contributed by atoms with E-state index >= 15 is 0 Å². The van der Waals surface area contributed by atoms with Crippen molar-refractivity contribution >= 4 is 23.3 Å². The van der Waals surface area contributed by atoms with Gasteiger partial charge in [-0.2, -0.15) is 0 Å². The van der Waals surface area contributed by atoms with Crippen molar-refractivity contribution in [3.63, 3.8) is 0 Å². The van der Waals surface area contributed by atoms with Gasteiger partial charge >= 0.3 is 6.03 Å². The van der Waals surface area contributed by atoms with Gasteiger partial charge < -0.3 is 25.8 Å². The van der Waals surface area contributed by atoms with Crippen molar-refractivity contribution in [3.8, 4) is 11.5 Å². The summed E-state index contributed by atoms with van der Waals surface area (Å²) < 4.78 is 5.34. The monoisotopic (exact) mass is 481 g/mol. The molecule has 3 amide bonds. The van der Waals surface area contributed by atoms with Crippen LogP contribution in [0.15, 0.2) is 30.3 Å². The lowest BCUT2D eigenvalue weighted by molar-refractivity contribution is 0.102. The summed E-state index contributed by atoms with van der Waals surface area (Å²) in [4.78, 5) is 26.0. The Bertz CT molecular complexity index is 1060. The Balaban J connectivity index is 1.93.